The minimum atomic E-state index is 0.113. The standard InChI is InChI=1S/C27H27N3O2/c1-32-23-13-11-22(12-14-23)28-15-17-29(18-16-28)27(31)25-20-30(19-21-7-3-2-4-8-21)26-10-6-5-9-24(25)26/h2-14,20H,15-19H2,1H3. The van der Waals surface area contributed by atoms with E-state index in [1.165, 1.54) is 5.56 Å². The van der Waals surface area contributed by atoms with Gasteiger partial charge in [0.25, 0.3) is 5.91 Å². The first-order chi connectivity index (χ1) is 15.7. The fourth-order valence-electron chi connectivity index (χ4n) is 4.46. The minimum absolute atomic E-state index is 0.113. The zero-order chi connectivity index (χ0) is 21.9. The van der Waals surface area contributed by atoms with Crippen molar-refractivity contribution in [1.82, 2.24) is 9.47 Å². The fraction of sp³-hybridized carbons (Fsp3) is 0.222. The van der Waals surface area contributed by atoms with Gasteiger partial charge < -0.3 is 19.1 Å². The highest BCUT2D eigenvalue weighted by molar-refractivity contribution is 6.07. The number of carbonyl (C=O) groups excluding carboxylic acids is 1. The lowest BCUT2D eigenvalue weighted by molar-refractivity contribution is 0.0748. The maximum atomic E-state index is 13.5. The van der Waals surface area contributed by atoms with E-state index in [0.29, 0.717) is 13.1 Å². The molecule has 0 unspecified atom stereocenters. The van der Waals surface area contributed by atoms with Crippen molar-refractivity contribution < 1.29 is 9.53 Å². The van der Waals surface area contributed by atoms with Gasteiger partial charge in [-0.2, -0.15) is 0 Å². The molecule has 2 heterocycles. The first kappa shape index (κ1) is 20.2. The van der Waals surface area contributed by atoms with Crippen LogP contribution in [0.5, 0.6) is 5.75 Å². The number of carbonyl (C=O) groups is 1. The number of rotatable bonds is 5. The first-order valence-electron chi connectivity index (χ1n) is 11.0. The van der Waals surface area contributed by atoms with Gasteiger partial charge in [0.2, 0.25) is 0 Å². The van der Waals surface area contributed by atoms with E-state index in [1.807, 2.05) is 41.4 Å². The summed E-state index contributed by atoms with van der Waals surface area (Å²) in [7, 11) is 1.68. The van der Waals surface area contributed by atoms with Crippen LogP contribution in [0.3, 0.4) is 0 Å². The van der Waals surface area contributed by atoms with E-state index < -0.39 is 0 Å². The van der Waals surface area contributed by atoms with Crippen LogP contribution in [-0.2, 0) is 6.54 Å². The van der Waals surface area contributed by atoms with Gasteiger partial charge in [0.1, 0.15) is 5.75 Å². The quantitative estimate of drug-likeness (QED) is 0.467. The van der Waals surface area contributed by atoms with Crippen molar-refractivity contribution in [2.24, 2.45) is 0 Å². The van der Waals surface area contributed by atoms with Crippen molar-refractivity contribution in [3.8, 4) is 5.75 Å². The van der Waals surface area contributed by atoms with Crippen LogP contribution in [0.2, 0.25) is 0 Å². The summed E-state index contributed by atoms with van der Waals surface area (Å²) in [6.45, 7) is 3.81. The van der Waals surface area contributed by atoms with Gasteiger partial charge in [-0.3, -0.25) is 4.79 Å². The van der Waals surface area contributed by atoms with Crippen molar-refractivity contribution in [2.75, 3.05) is 38.2 Å². The zero-order valence-electron chi connectivity index (χ0n) is 18.3. The Labute approximate surface area is 188 Å². The van der Waals surface area contributed by atoms with E-state index in [1.54, 1.807) is 7.11 Å². The van der Waals surface area contributed by atoms with Crippen LogP contribution in [0.1, 0.15) is 15.9 Å². The molecule has 0 atom stereocenters. The third-order valence-corrected chi connectivity index (χ3v) is 6.22. The third kappa shape index (κ3) is 3.94. The number of methoxy groups -OCH3 is 1. The summed E-state index contributed by atoms with van der Waals surface area (Å²) in [6.07, 6.45) is 2.02. The van der Waals surface area contributed by atoms with E-state index in [9.17, 15) is 4.79 Å². The molecule has 0 N–H and O–H groups in total. The number of hydrogen-bond acceptors (Lipinski definition) is 3. The summed E-state index contributed by atoms with van der Waals surface area (Å²) >= 11 is 0. The van der Waals surface area contributed by atoms with E-state index in [0.717, 1.165) is 47.5 Å². The Morgan fingerprint density at radius 1 is 0.844 bits per heavy atom. The lowest BCUT2D eigenvalue weighted by Crippen LogP contribution is -2.48. The molecule has 1 aliphatic rings. The van der Waals surface area contributed by atoms with Crippen LogP contribution < -0.4 is 9.64 Å². The summed E-state index contributed by atoms with van der Waals surface area (Å²) < 4.78 is 7.44. The highest BCUT2D eigenvalue weighted by atomic mass is 16.5. The van der Waals surface area contributed by atoms with Gasteiger partial charge in [-0.25, -0.2) is 0 Å². The number of hydrogen-bond donors (Lipinski definition) is 0. The molecule has 32 heavy (non-hydrogen) atoms. The molecule has 0 saturated carbocycles. The summed E-state index contributed by atoms with van der Waals surface area (Å²) in [5, 5.41) is 1.02. The molecular formula is C27H27N3O2. The number of para-hydroxylation sites is 1. The first-order valence-corrected chi connectivity index (χ1v) is 11.0. The van der Waals surface area contributed by atoms with Crippen molar-refractivity contribution in [2.45, 2.75) is 6.54 Å². The predicted octanol–water partition coefficient (Wildman–Crippen LogP) is 4.66. The Hall–Kier alpha value is -3.73. The average Bonchev–Trinajstić information content (AvgIpc) is 3.23. The van der Waals surface area contributed by atoms with Crippen LogP contribution >= 0.6 is 0 Å². The van der Waals surface area contributed by atoms with Crippen molar-refractivity contribution in [3.63, 3.8) is 0 Å². The van der Waals surface area contributed by atoms with Gasteiger partial charge in [0, 0.05) is 55.5 Å². The van der Waals surface area contributed by atoms with E-state index in [-0.39, 0.29) is 5.91 Å². The van der Waals surface area contributed by atoms with Gasteiger partial charge >= 0.3 is 0 Å². The molecule has 1 amide bonds. The number of amides is 1. The zero-order valence-corrected chi connectivity index (χ0v) is 18.3. The molecular weight excluding hydrogens is 398 g/mol. The largest absolute Gasteiger partial charge is 0.497 e. The fourth-order valence-corrected chi connectivity index (χ4v) is 4.46. The predicted molar refractivity (Wildman–Crippen MR) is 129 cm³/mol. The lowest BCUT2D eigenvalue weighted by atomic mass is 10.1. The highest BCUT2D eigenvalue weighted by Crippen LogP contribution is 2.25. The molecule has 0 aliphatic carbocycles. The molecule has 0 spiro atoms. The van der Waals surface area contributed by atoms with Crippen LogP contribution in [0, 0.1) is 0 Å². The minimum Gasteiger partial charge on any atom is -0.497 e. The maximum Gasteiger partial charge on any atom is 0.256 e. The van der Waals surface area contributed by atoms with Crippen molar-refractivity contribution >= 4 is 22.5 Å². The molecule has 0 bridgehead atoms. The molecule has 5 heteroatoms. The summed E-state index contributed by atoms with van der Waals surface area (Å²) in [5.41, 5.74) is 4.27. The second kappa shape index (κ2) is 8.79. The summed E-state index contributed by atoms with van der Waals surface area (Å²) in [4.78, 5) is 17.8. The van der Waals surface area contributed by atoms with Crippen molar-refractivity contribution in [3.05, 3.63) is 96.2 Å². The van der Waals surface area contributed by atoms with Crippen LogP contribution in [0.25, 0.3) is 10.9 Å². The Morgan fingerprint density at radius 3 is 2.25 bits per heavy atom. The Morgan fingerprint density at radius 2 is 1.53 bits per heavy atom. The molecule has 162 valence electrons. The van der Waals surface area contributed by atoms with Crippen LogP contribution in [0.4, 0.5) is 5.69 Å². The molecule has 5 rings (SSSR count). The molecule has 1 saturated heterocycles. The van der Waals surface area contributed by atoms with Gasteiger partial charge in [-0.05, 0) is 35.9 Å². The summed E-state index contributed by atoms with van der Waals surface area (Å²) in [5.74, 6) is 0.969. The molecule has 1 aliphatic heterocycles. The maximum absolute atomic E-state index is 13.5. The molecule has 5 nitrogen and oxygen atoms in total. The average molecular weight is 426 g/mol. The van der Waals surface area contributed by atoms with Crippen molar-refractivity contribution in [1.29, 1.82) is 0 Å². The Kier molecular flexibility index (Phi) is 5.55. The van der Waals surface area contributed by atoms with Crippen LogP contribution in [0.15, 0.2) is 85.1 Å². The number of ether oxygens (including phenoxy) is 1. The van der Waals surface area contributed by atoms with Gasteiger partial charge in [0.15, 0.2) is 0 Å². The smallest absolute Gasteiger partial charge is 0.256 e. The van der Waals surface area contributed by atoms with E-state index in [4.69, 9.17) is 4.74 Å². The molecule has 4 aromatic rings. The van der Waals surface area contributed by atoms with Gasteiger partial charge in [-0.15, -0.1) is 0 Å². The molecule has 1 aromatic heterocycles. The molecule has 3 aromatic carbocycles. The van der Waals surface area contributed by atoms with Gasteiger partial charge in [0.05, 0.1) is 12.7 Å². The van der Waals surface area contributed by atoms with Crippen LogP contribution in [-0.4, -0.2) is 48.7 Å². The number of fused-ring (bicyclic) bond motifs is 1. The Bertz CT molecular complexity index is 1210. The number of anilines is 1. The number of nitrogens with zero attached hydrogens (tertiary/aromatic N) is 3. The second-order valence-electron chi connectivity index (χ2n) is 8.15. The van der Waals surface area contributed by atoms with Gasteiger partial charge in [-0.1, -0.05) is 48.5 Å². The number of benzene rings is 3. The third-order valence-electron chi connectivity index (χ3n) is 6.22. The Balaban J connectivity index is 1.34. The monoisotopic (exact) mass is 425 g/mol. The van der Waals surface area contributed by atoms with E-state index >= 15 is 0 Å². The second-order valence-corrected chi connectivity index (χ2v) is 8.15. The summed E-state index contributed by atoms with van der Waals surface area (Å²) in [6, 6.07) is 26.7. The normalized spacial score (nSPS) is 14.0. The number of piperazine rings is 1. The number of aromatic nitrogens is 1. The topological polar surface area (TPSA) is 37.7 Å². The molecule has 0 radical (unpaired) electrons. The highest BCUT2D eigenvalue weighted by Gasteiger charge is 2.25. The lowest BCUT2D eigenvalue weighted by Gasteiger charge is -2.36. The van der Waals surface area contributed by atoms with E-state index in [2.05, 4.69) is 58.0 Å². The SMILES string of the molecule is COc1ccc(N2CCN(C(=O)c3cn(Cc4ccccc4)c4ccccc34)CC2)cc1. The molecule has 1 fully saturated rings.